The van der Waals surface area contributed by atoms with Gasteiger partial charge in [-0.05, 0) is 36.2 Å². The summed E-state index contributed by atoms with van der Waals surface area (Å²) in [6.07, 6.45) is 1.21. The van der Waals surface area contributed by atoms with E-state index in [-0.39, 0.29) is 23.7 Å². The van der Waals surface area contributed by atoms with Crippen LogP contribution in [0, 0.1) is 5.82 Å². The Bertz CT molecular complexity index is 1100. The van der Waals surface area contributed by atoms with Gasteiger partial charge in [0.25, 0.3) is 0 Å². The maximum Gasteiger partial charge on any atom is 0.244 e. The van der Waals surface area contributed by atoms with E-state index in [1.165, 1.54) is 18.0 Å². The number of likely N-dealkylation sites (N-methyl/N-ethyl adjacent to an activating group) is 1. The number of sulfonamides is 1. The van der Waals surface area contributed by atoms with Gasteiger partial charge >= 0.3 is 0 Å². The number of benzene rings is 2. The Labute approximate surface area is 197 Å². The number of nitrogens with zero attached hydrogens (tertiary/aromatic N) is 2. The van der Waals surface area contributed by atoms with Crippen LogP contribution < -0.4 is 9.62 Å². The van der Waals surface area contributed by atoms with Crippen LogP contribution in [-0.4, -0.2) is 51.0 Å². The summed E-state index contributed by atoms with van der Waals surface area (Å²) in [7, 11) is -2.49. The monoisotopic (exact) mass is 503 g/mol. The van der Waals surface area contributed by atoms with Crippen molar-refractivity contribution >= 4 is 50.7 Å². The van der Waals surface area contributed by atoms with Crippen LogP contribution in [0.15, 0.2) is 42.5 Å². The van der Waals surface area contributed by atoms with Gasteiger partial charge in [-0.25, -0.2) is 12.8 Å². The third-order valence-corrected chi connectivity index (χ3v) is 6.60. The fourth-order valence-corrected chi connectivity index (χ4v) is 4.36. The normalized spacial score (nSPS) is 12.2. The van der Waals surface area contributed by atoms with Crippen molar-refractivity contribution in [3.05, 3.63) is 63.9 Å². The highest BCUT2D eigenvalue weighted by molar-refractivity contribution is 7.92. The summed E-state index contributed by atoms with van der Waals surface area (Å²) in [4.78, 5) is 27.1. The molecule has 2 amide bonds. The van der Waals surface area contributed by atoms with Gasteiger partial charge in [0, 0.05) is 18.6 Å². The number of hydrogen-bond donors (Lipinski definition) is 1. The molecule has 0 fully saturated rings. The molecular formula is C21H24Cl2FN3O4S. The Morgan fingerprint density at radius 3 is 2.31 bits per heavy atom. The Kier molecular flexibility index (Phi) is 8.89. The zero-order valence-electron chi connectivity index (χ0n) is 17.8. The van der Waals surface area contributed by atoms with E-state index in [4.69, 9.17) is 23.2 Å². The van der Waals surface area contributed by atoms with Crippen molar-refractivity contribution in [3.63, 3.8) is 0 Å². The van der Waals surface area contributed by atoms with Crippen LogP contribution in [0.4, 0.5) is 10.1 Å². The second kappa shape index (κ2) is 11.0. The molecule has 32 heavy (non-hydrogen) atoms. The summed E-state index contributed by atoms with van der Waals surface area (Å²) in [5, 5.41) is 2.64. The first-order valence-electron chi connectivity index (χ1n) is 9.66. The smallest absolute Gasteiger partial charge is 0.244 e. The van der Waals surface area contributed by atoms with Crippen molar-refractivity contribution in [1.82, 2.24) is 10.2 Å². The van der Waals surface area contributed by atoms with Crippen molar-refractivity contribution < 1.29 is 22.4 Å². The highest BCUT2D eigenvalue weighted by Gasteiger charge is 2.31. The predicted molar refractivity (Wildman–Crippen MR) is 124 cm³/mol. The minimum Gasteiger partial charge on any atom is -0.357 e. The quantitative estimate of drug-likeness (QED) is 0.567. The van der Waals surface area contributed by atoms with Gasteiger partial charge in [-0.1, -0.05) is 48.3 Å². The van der Waals surface area contributed by atoms with E-state index in [0.717, 1.165) is 22.7 Å². The van der Waals surface area contributed by atoms with Crippen LogP contribution in [-0.2, 0) is 26.2 Å². The molecule has 1 atom stereocenters. The zero-order chi connectivity index (χ0) is 24.1. The first-order valence-corrected chi connectivity index (χ1v) is 12.3. The highest BCUT2D eigenvalue weighted by Crippen LogP contribution is 2.25. The lowest BCUT2D eigenvalue weighted by molar-refractivity contribution is -0.140. The van der Waals surface area contributed by atoms with Crippen molar-refractivity contribution in [2.75, 3.05) is 24.2 Å². The molecule has 0 aliphatic heterocycles. The molecule has 0 radical (unpaired) electrons. The lowest BCUT2D eigenvalue weighted by atomic mass is 10.1. The van der Waals surface area contributed by atoms with Crippen LogP contribution in [0.1, 0.15) is 18.9 Å². The maximum atomic E-state index is 13.6. The Balaban J connectivity index is 2.46. The number of rotatable bonds is 9. The summed E-state index contributed by atoms with van der Waals surface area (Å²) in [6.45, 7) is 1.12. The summed E-state index contributed by atoms with van der Waals surface area (Å²) in [5.41, 5.74) is 0.624. The summed E-state index contributed by atoms with van der Waals surface area (Å²) in [5.74, 6) is -1.75. The minimum atomic E-state index is -3.94. The first-order chi connectivity index (χ1) is 15.0. The largest absolute Gasteiger partial charge is 0.357 e. The summed E-state index contributed by atoms with van der Waals surface area (Å²) < 4.78 is 39.3. The predicted octanol–water partition coefficient (Wildman–Crippen LogP) is 3.45. The Morgan fingerprint density at radius 1 is 1.12 bits per heavy atom. The van der Waals surface area contributed by atoms with E-state index in [2.05, 4.69) is 5.32 Å². The van der Waals surface area contributed by atoms with Crippen LogP contribution in [0.25, 0.3) is 0 Å². The van der Waals surface area contributed by atoms with Gasteiger partial charge in [0.15, 0.2) is 0 Å². The SMILES string of the molecule is CC[C@H](C(=O)NC)N(Cc1ccccc1Cl)C(=O)CN(c1ccc(F)c(Cl)c1)S(C)(=O)=O. The lowest BCUT2D eigenvalue weighted by Crippen LogP contribution is -2.51. The topological polar surface area (TPSA) is 86.8 Å². The zero-order valence-corrected chi connectivity index (χ0v) is 20.1. The standard InChI is InChI=1S/C21H24Cl2FN3O4S/c1-4-19(21(29)25-2)26(12-14-7-5-6-8-16(14)22)20(28)13-27(32(3,30)31)15-9-10-18(24)17(23)11-15/h5-11,19H,4,12-13H2,1-3H3,(H,25,29)/t19-/m1/s1. The molecule has 0 saturated carbocycles. The Hall–Kier alpha value is -2.36. The van der Waals surface area contributed by atoms with E-state index in [1.807, 2.05) is 0 Å². The molecule has 0 saturated heterocycles. The molecule has 0 aromatic heterocycles. The van der Waals surface area contributed by atoms with Crippen LogP contribution >= 0.6 is 23.2 Å². The van der Waals surface area contributed by atoms with Gasteiger partial charge in [-0.15, -0.1) is 0 Å². The maximum absolute atomic E-state index is 13.6. The molecule has 2 rings (SSSR count). The molecule has 2 aromatic rings. The van der Waals surface area contributed by atoms with E-state index in [1.54, 1.807) is 31.2 Å². The molecule has 0 heterocycles. The summed E-state index contributed by atoms with van der Waals surface area (Å²) >= 11 is 12.1. The van der Waals surface area contributed by atoms with E-state index in [0.29, 0.717) is 10.6 Å². The fourth-order valence-electron chi connectivity index (χ4n) is 3.15. The molecule has 0 bridgehead atoms. The number of anilines is 1. The van der Waals surface area contributed by atoms with Gasteiger partial charge in [0.05, 0.1) is 17.0 Å². The van der Waals surface area contributed by atoms with Crippen molar-refractivity contribution in [3.8, 4) is 0 Å². The van der Waals surface area contributed by atoms with Crippen LogP contribution in [0.2, 0.25) is 10.0 Å². The molecule has 0 aliphatic carbocycles. The fraction of sp³-hybridized carbons (Fsp3) is 0.333. The number of amides is 2. The third-order valence-electron chi connectivity index (χ3n) is 4.80. The second-order valence-corrected chi connectivity index (χ2v) is 9.74. The van der Waals surface area contributed by atoms with Gasteiger partial charge in [0.2, 0.25) is 21.8 Å². The van der Waals surface area contributed by atoms with Gasteiger partial charge in [-0.3, -0.25) is 13.9 Å². The average Bonchev–Trinajstić information content (AvgIpc) is 2.74. The van der Waals surface area contributed by atoms with E-state index in [9.17, 15) is 22.4 Å². The third kappa shape index (κ3) is 6.34. The molecule has 174 valence electrons. The van der Waals surface area contributed by atoms with Crippen LogP contribution in [0.5, 0.6) is 0 Å². The van der Waals surface area contributed by atoms with Gasteiger partial charge < -0.3 is 10.2 Å². The summed E-state index contributed by atoms with van der Waals surface area (Å²) in [6, 6.07) is 9.34. The number of hydrogen-bond acceptors (Lipinski definition) is 4. The van der Waals surface area contributed by atoms with Crippen molar-refractivity contribution in [2.24, 2.45) is 0 Å². The minimum absolute atomic E-state index is 0.00773. The number of carbonyl (C=O) groups is 2. The Morgan fingerprint density at radius 2 is 1.78 bits per heavy atom. The number of halogens is 3. The number of nitrogens with one attached hydrogen (secondary N) is 1. The molecule has 1 N–H and O–H groups in total. The van der Waals surface area contributed by atoms with Gasteiger partial charge in [-0.2, -0.15) is 0 Å². The molecule has 7 nitrogen and oxygen atoms in total. The van der Waals surface area contributed by atoms with E-state index >= 15 is 0 Å². The number of carbonyl (C=O) groups excluding carboxylic acids is 2. The lowest BCUT2D eigenvalue weighted by Gasteiger charge is -2.32. The highest BCUT2D eigenvalue weighted by atomic mass is 35.5. The second-order valence-electron chi connectivity index (χ2n) is 7.02. The molecular weight excluding hydrogens is 480 g/mol. The average molecular weight is 504 g/mol. The van der Waals surface area contributed by atoms with Crippen molar-refractivity contribution in [1.29, 1.82) is 0 Å². The molecule has 0 spiro atoms. The molecule has 0 unspecified atom stereocenters. The van der Waals surface area contributed by atoms with Crippen molar-refractivity contribution in [2.45, 2.75) is 25.9 Å². The molecule has 0 aliphatic rings. The van der Waals surface area contributed by atoms with Gasteiger partial charge in [0.1, 0.15) is 18.4 Å². The van der Waals surface area contributed by atoms with Crippen LogP contribution in [0.3, 0.4) is 0 Å². The molecule has 2 aromatic carbocycles. The molecule has 11 heteroatoms. The first kappa shape index (κ1) is 25.9. The van der Waals surface area contributed by atoms with E-state index < -0.39 is 40.2 Å².